The number of fused-ring (bicyclic) bond motifs is 1. The largest absolute Gasteiger partial charge is 0.377 e. The maximum atomic E-state index is 10.1. The van der Waals surface area contributed by atoms with Gasteiger partial charge in [-0.25, -0.2) is 0 Å². The zero-order chi connectivity index (χ0) is 29.3. The Morgan fingerprint density at radius 3 is 2.54 bits per heavy atom. The molecule has 1 fully saturated rings. The third-order valence-corrected chi connectivity index (χ3v) is 7.68. The summed E-state index contributed by atoms with van der Waals surface area (Å²) in [7, 11) is 0. The van der Waals surface area contributed by atoms with E-state index in [9.17, 15) is 11.9 Å². The van der Waals surface area contributed by atoms with Gasteiger partial charge in [-0.2, -0.15) is 10.5 Å². The number of nitriles is 2. The molecule has 0 radical (unpaired) electrons. The standard InChI is InChI=1S/C32H29ClN8/c1-2-28(20-8-4-3-5-9-20)38-31-22(17-35)18-36-30-21(16-34)14-23(15-26(30)31)37-32(25-10-6-7-11-27(25)33)29-19-41(40-39-29)24-12-13-24/h3-11,14-15,18-19,24,28,32,37,39-40H,2,12-13H2,1H3,(H,36,38)/t28-,32-/m1/s1/i32D. The number of nitrogens with one attached hydrogen (secondary N) is 4. The molecule has 8 nitrogen and oxygen atoms in total. The van der Waals surface area contributed by atoms with Crippen molar-refractivity contribution in [1.82, 2.24) is 21.0 Å². The van der Waals surface area contributed by atoms with Gasteiger partial charge in [-0.05, 0) is 48.6 Å². The van der Waals surface area contributed by atoms with E-state index >= 15 is 0 Å². The number of anilines is 2. The van der Waals surface area contributed by atoms with Crippen molar-refractivity contribution in [2.45, 2.75) is 44.3 Å². The highest BCUT2D eigenvalue weighted by atomic mass is 35.5. The van der Waals surface area contributed by atoms with E-state index in [1.54, 1.807) is 12.1 Å². The Kier molecular flexibility index (Phi) is 7.00. The second-order valence-corrected chi connectivity index (χ2v) is 10.5. The molecule has 2 atom stereocenters. The molecule has 2 aliphatic rings. The van der Waals surface area contributed by atoms with Crippen LogP contribution in [0.15, 0.2) is 84.8 Å². The molecule has 6 rings (SSSR count). The Hall–Kier alpha value is -4.76. The lowest BCUT2D eigenvalue weighted by Crippen LogP contribution is -2.38. The molecule has 0 amide bonds. The van der Waals surface area contributed by atoms with Crippen molar-refractivity contribution >= 4 is 33.9 Å². The number of nitrogens with zero attached hydrogens (tertiary/aromatic N) is 4. The van der Waals surface area contributed by atoms with Crippen LogP contribution >= 0.6 is 11.6 Å². The molecule has 4 aromatic rings. The molecule has 1 aromatic heterocycles. The Balaban J connectivity index is 1.48. The van der Waals surface area contributed by atoms with Crippen LogP contribution in [0.2, 0.25) is 5.02 Å². The van der Waals surface area contributed by atoms with Crippen molar-refractivity contribution in [3.63, 3.8) is 0 Å². The van der Waals surface area contributed by atoms with Crippen LogP contribution in [-0.2, 0) is 0 Å². The molecule has 1 aliphatic heterocycles. The number of hydrazine groups is 2. The van der Waals surface area contributed by atoms with Gasteiger partial charge in [-0.15, -0.1) is 5.53 Å². The second kappa shape index (κ2) is 11.4. The van der Waals surface area contributed by atoms with Crippen molar-refractivity contribution in [3.05, 3.63) is 112 Å². The minimum Gasteiger partial charge on any atom is -0.377 e. The molecule has 4 N–H and O–H groups in total. The molecule has 0 unspecified atom stereocenters. The van der Waals surface area contributed by atoms with E-state index < -0.39 is 6.02 Å². The van der Waals surface area contributed by atoms with E-state index in [-0.39, 0.29) is 6.04 Å². The van der Waals surface area contributed by atoms with Gasteiger partial charge in [0.1, 0.15) is 12.1 Å². The van der Waals surface area contributed by atoms with Crippen molar-refractivity contribution in [2.75, 3.05) is 10.6 Å². The Morgan fingerprint density at radius 1 is 1.07 bits per heavy atom. The van der Waals surface area contributed by atoms with Crippen LogP contribution in [-0.4, -0.2) is 16.0 Å². The van der Waals surface area contributed by atoms with Gasteiger partial charge in [0.15, 0.2) is 0 Å². The summed E-state index contributed by atoms with van der Waals surface area (Å²) >= 11 is 6.66. The first-order valence-electron chi connectivity index (χ1n) is 14.1. The van der Waals surface area contributed by atoms with Crippen LogP contribution in [0, 0.1) is 22.7 Å². The highest BCUT2D eigenvalue weighted by Crippen LogP contribution is 2.38. The first-order valence-corrected chi connectivity index (χ1v) is 14.0. The molecular formula is C32H29ClN8. The van der Waals surface area contributed by atoms with Gasteiger partial charge in [-0.1, -0.05) is 67.1 Å². The predicted octanol–water partition coefficient (Wildman–Crippen LogP) is 6.68. The zero-order valence-corrected chi connectivity index (χ0v) is 23.2. The summed E-state index contributed by atoms with van der Waals surface area (Å²) in [5, 5.41) is 30.1. The average Bonchev–Trinajstić information content (AvgIpc) is 3.75. The summed E-state index contributed by atoms with van der Waals surface area (Å²) < 4.78 is 9.75. The van der Waals surface area contributed by atoms with E-state index in [4.69, 9.17) is 11.6 Å². The molecule has 3 aromatic carbocycles. The van der Waals surface area contributed by atoms with Gasteiger partial charge < -0.3 is 16.1 Å². The van der Waals surface area contributed by atoms with Gasteiger partial charge >= 0.3 is 0 Å². The zero-order valence-electron chi connectivity index (χ0n) is 23.4. The molecule has 9 heteroatoms. The molecule has 41 heavy (non-hydrogen) atoms. The van der Waals surface area contributed by atoms with Crippen molar-refractivity contribution in [1.29, 1.82) is 10.5 Å². The van der Waals surface area contributed by atoms with Gasteiger partial charge in [0.2, 0.25) is 0 Å². The van der Waals surface area contributed by atoms with Crippen LogP contribution < -0.4 is 21.6 Å². The van der Waals surface area contributed by atoms with E-state index in [1.165, 1.54) is 6.20 Å². The van der Waals surface area contributed by atoms with Crippen LogP contribution in [0.1, 0.15) is 61.9 Å². The van der Waals surface area contributed by atoms with Crippen molar-refractivity contribution in [3.8, 4) is 12.1 Å². The molecule has 2 heterocycles. The Morgan fingerprint density at radius 2 is 1.83 bits per heavy atom. The Labute approximate surface area is 245 Å². The highest BCUT2D eigenvalue weighted by Gasteiger charge is 2.33. The number of halogens is 1. The lowest BCUT2D eigenvalue weighted by atomic mass is 10.00. The Bertz CT molecular complexity index is 1760. The quantitative estimate of drug-likeness (QED) is 0.179. The highest BCUT2D eigenvalue weighted by molar-refractivity contribution is 6.31. The van der Waals surface area contributed by atoms with Gasteiger partial charge in [0.25, 0.3) is 0 Å². The fourth-order valence-electron chi connectivity index (χ4n) is 5.07. The third-order valence-electron chi connectivity index (χ3n) is 7.35. The van der Waals surface area contributed by atoms with Gasteiger partial charge in [0, 0.05) is 34.5 Å². The van der Waals surface area contributed by atoms with Crippen LogP contribution in [0.3, 0.4) is 0 Å². The number of hydrogen-bond acceptors (Lipinski definition) is 8. The number of pyridine rings is 1. The fraction of sp³-hybridized carbons (Fsp3) is 0.219. The van der Waals surface area contributed by atoms with Crippen molar-refractivity contribution in [2.24, 2.45) is 0 Å². The monoisotopic (exact) mass is 561 g/mol. The molecule has 1 saturated carbocycles. The number of rotatable bonds is 9. The normalized spacial score (nSPS) is 16.9. The van der Waals surface area contributed by atoms with Gasteiger partial charge in [0.05, 0.1) is 41.5 Å². The smallest absolute Gasteiger partial charge is 0.103 e. The van der Waals surface area contributed by atoms with Crippen LogP contribution in [0.4, 0.5) is 11.4 Å². The summed E-state index contributed by atoms with van der Waals surface area (Å²) in [4.78, 5) is 4.49. The molecule has 1 aliphatic carbocycles. The number of benzene rings is 3. The lowest BCUT2D eigenvalue weighted by Gasteiger charge is -2.24. The fourth-order valence-corrected chi connectivity index (χ4v) is 5.30. The van der Waals surface area contributed by atoms with Crippen LogP contribution in [0.25, 0.3) is 10.9 Å². The van der Waals surface area contributed by atoms with E-state index in [0.29, 0.717) is 55.7 Å². The summed E-state index contributed by atoms with van der Waals surface area (Å²) in [6.07, 6.45) is 6.31. The first-order chi connectivity index (χ1) is 20.4. The van der Waals surface area contributed by atoms with E-state index in [0.717, 1.165) is 24.8 Å². The summed E-state index contributed by atoms with van der Waals surface area (Å²) in [6.45, 7) is 2.08. The molecule has 0 saturated heterocycles. The lowest BCUT2D eigenvalue weighted by molar-refractivity contribution is 0.260. The van der Waals surface area contributed by atoms with Gasteiger partial charge in [-0.3, -0.25) is 9.99 Å². The molecule has 0 spiro atoms. The first kappa shape index (κ1) is 25.2. The SMILES string of the molecule is [2H][C@](Nc1cc(C#N)c2ncc(C#N)c(N[C@H](CC)c3ccccc3)c2c1)(C1=CN(C2CC2)NN1)c1ccccc1Cl. The maximum absolute atomic E-state index is 10.1. The van der Waals surface area contributed by atoms with Crippen LogP contribution in [0.5, 0.6) is 0 Å². The topological polar surface area (TPSA) is 112 Å². The molecule has 204 valence electrons. The third kappa shape index (κ3) is 5.36. The van der Waals surface area contributed by atoms with Crippen molar-refractivity contribution < 1.29 is 1.37 Å². The molecule has 0 bridgehead atoms. The predicted molar refractivity (Wildman–Crippen MR) is 161 cm³/mol. The van der Waals surface area contributed by atoms with E-state index in [2.05, 4.69) is 45.6 Å². The number of aromatic nitrogens is 1. The summed E-state index contributed by atoms with van der Waals surface area (Å²) in [5.74, 6) is 0. The summed E-state index contributed by atoms with van der Waals surface area (Å²) in [6, 6.07) is 24.1. The second-order valence-electron chi connectivity index (χ2n) is 10.1. The van der Waals surface area contributed by atoms with E-state index in [1.807, 2.05) is 65.8 Å². The number of hydrogen-bond donors (Lipinski definition) is 4. The maximum Gasteiger partial charge on any atom is 0.103 e. The average molecular weight is 562 g/mol. The minimum absolute atomic E-state index is 0.0724. The molecular weight excluding hydrogens is 532 g/mol. The minimum atomic E-state index is -1.54. The summed E-state index contributed by atoms with van der Waals surface area (Å²) in [5.41, 5.74) is 10.7.